The molecule has 1 aromatic carbocycles. The summed E-state index contributed by atoms with van der Waals surface area (Å²) in [5, 5.41) is 3.49. The number of rotatable bonds is 5. The lowest BCUT2D eigenvalue weighted by Crippen LogP contribution is -2.26. The van der Waals surface area contributed by atoms with E-state index in [0.717, 1.165) is 17.4 Å². The van der Waals surface area contributed by atoms with Gasteiger partial charge in [0.05, 0.1) is 4.34 Å². The van der Waals surface area contributed by atoms with Gasteiger partial charge in [0.15, 0.2) is 0 Å². The van der Waals surface area contributed by atoms with Crippen LogP contribution < -0.4 is 5.32 Å². The quantitative estimate of drug-likeness (QED) is 0.864. The van der Waals surface area contributed by atoms with Crippen molar-refractivity contribution in [1.29, 1.82) is 0 Å². The summed E-state index contributed by atoms with van der Waals surface area (Å²) in [5.41, 5.74) is 1.46. The van der Waals surface area contributed by atoms with Crippen molar-refractivity contribution in [2.45, 2.75) is 24.8 Å². The van der Waals surface area contributed by atoms with Gasteiger partial charge in [-0.25, -0.2) is 4.39 Å². The zero-order chi connectivity index (χ0) is 13.3. The van der Waals surface area contributed by atoms with Crippen LogP contribution in [-0.4, -0.2) is 6.54 Å². The molecule has 4 heteroatoms. The Kier molecular flexibility index (Phi) is 3.61. The first-order valence-corrected chi connectivity index (χ1v) is 7.58. The van der Waals surface area contributed by atoms with E-state index in [4.69, 9.17) is 11.6 Å². The Hall–Kier alpha value is -0.900. The van der Waals surface area contributed by atoms with Crippen LogP contribution in [0.5, 0.6) is 0 Å². The van der Waals surface area contributed by atoms with Gasteiger partial charge in [0.25, 0.3) is 0 Å². The van der Waals surface area contributed by atoms with Gasteiger partial charge in [0, 0.05) is 23.4 Å². The van der Waals surface area contributed by atoms with Crippen LogP contribution in [0.2, 0.25) is 4.34 Å². The highest BCUT2D eigenvalue weighted by Gasteiger charge is 2.43. The molecule has 0 aliphatic heterocycles. The van der Waals surface area contributed by atoms with Crippen LogP contribution in [0.1, 0.15) is 23.3 Å². The topological polar surface area (TPSA) is 12.0 Å². The molecule has 0 saturated heterocycles. The molecular formula is C15H15ClFNS. The smallest absolute Gasteiger partial charge is 0.123 e. The Labute approximate surface area is 121 Å². The van der Waals surface area contributed by atoms with Crippen molar-refractivity contribution in [2.24, 2.45) is 0 Å². The predicted molar refractivity (Wildman–Crippen MR) is 78.3 cm³/mol. The van der Waals surface area contributed by atoms with Crippen LogP contribution >= 0.6 is 22.9 Å². The Morgan fingerprint density at radius 2 is 1.89 bits per heavy atom. The van der Waals surface area contributed by atoms with Crippen molar-refractivity contribution < 1.29 is 4.39 Å². The van der Waals surface area contributed by atoms with Crippen molar-refractivity contribution >= 4 is 22.9 Å². The maximum atomic E-state index is 12.9. The normalized spacial score (nSPS) is 16.5. The number of hydrogen-bond acceptors (Lipinski definition) is 2. The van der Waals surface area contributed by atoms with Gasteiger partial charge in [-0.2, -0.15) is 0 Å². The van der Waals surface area contributed by atoms with Crippen LogP contribution in [0.25, 0.3) is 0 Å². The summed E-state index contributed by atoms with van der Waals surface area (Å²) >= 11 is 7.52. The number of halogens is 2. The molecule has 2 aromatic rings. The highest BCUT2D eigenvalue weighted by atomic mass is 35.5. The first-order chi connectivity index (χ1) is 9.18. The molecule has 1 aliphatic carbocycles. The third-order valence-electron chi connectivity index (χ3n) is 3.70. The molecule has 0 spiro atoms. The Balaban J connectivity index is 1.59. The average molecular weight is 296 g/mol. The minimum Gasteiger partial charge on any atom is -0.311 e. The van der Waals surface area contributed by atoms with Gasteiger partial charge in [-0.3, -0.25) is 0 Å². The molecular weight excluding hydrogens is 281 g/mol. The first kappa shape index (κ1) is 13.1. The minimum absolute atomic E-state index is 0.166. The van der Waals surface area contributed by atoms with Gasteiger partial charge >= 0.3 is 0 Å². The highest BCUT2D eigenvalue weighted by molar-refractivity contribution is 7.16. The zero-order valence-corrected chi connectivity index (χ0v) is 12.0. The summed E-state index contributed by atoms with van der Waals surface area (Å²) in [7, 11) is 0. The number of benzene rings is 1. The zero-order valence-electron chi connectivity index (χ0n) is 10.5. The summed E-state index contributed by atoms with van der Waals surface area (Å²) in [6, 6.07) is 10.9. The molecule has 1 fully saturated rings. The van der Waals surface area contributed by atoms with Gasteiger partial charge in [-0.15, -0.1) is 11.3 Å². The fourth-order valence-corrected chi connectivity index (χ4v) is 3.45. The molecule has 1 saturated carbocycles. The van der Waals surface area contributed by atoms with Gasteiger partial charge in [-0.1, -0.05) is 23.7 Å². The highest BCUT2D eigenvalue weighted by Crippen LogP contribution is 2.47. The summed E-state index contributed by atoms with van der Waals surface area (Å²) in [4.78, 5) is 1.25. The predicted octanol–water partition coefficient (Wildman–Crippen LogP) is 4.36. The second-order valence-electron chi connectivity index (χ2n) is 5.10. The van der Waals surface area contributed by atoms with Crippen LogP contribution in [0.4, 0.5) is 4.39 Å². The van der Waals surface area contributed by atoms with E-state index in [0.29, 0.717) is 0 Å². The van der Waals surface area contributed by atoms with E-state index in [9.17, 15) is 4.39 Å². The van der Waals surface area contributed by atoms with E-state index < -0.39 is 0 Å². The molecule has 0 atom stereocenters. The van der Waals surface area contributed by atoms with Crippen molar-refractivity contribution in [3.05, 3.63) is 57.0 Å². The summed E-state index contributed by atoms with van der Waals surface area (Å²) in [5.74, 6) is -0.166. The van der Waals surface area contributed by atoms with Gasteiger partial charge in [0.2, 0.25) is 0 Å². The van der Waals surface area contributed by atoms with Crippen molar-refractivity contribution in [2.75, 3.05) is 6.54 Å². The number of thiophene rings is 1. The largest absolute Gasteiger partial charge is 0.311 e. The monoisotopic (exact) mass is 295 g/mol. The molecule has 0 bridgehead atoms. The molecule has 100 valence electrons. The van der Waals surface area contributed by atoms with Gasteiger partial charge < -0.3 is 5.32 Å². The Morgan fingerprint density at radius 3 is 2.47 bits per heavy atom. The lowest BCUT2D eigenvalue weighted by Gasteiger charge is -2.16. The van der Waals surface area contributed by atoms with Gasteiger partial charge in [-0.05, 0) is 42.7 Å². The second-order valence-corrected chi connectivity index (χ2v) is 6.90. The molecule has 0 unspecified atom stereocenters. The standard InChI is InChI=1S/C15H15ClFNS/c16-14-6-5-13(19-14)9-18-10-15(7-8-15)11-1-3-12(17)4-2-11/h1-6,18H,7-10H2. The molecule has 1 N–H and O–H groups in total. The lowest BCUT2D eigenvalue weighted by atomic mass is 9.96. The summed E-state index contributed by atoms with van der Waals surface area (Å²) in [6.07, 6.45) is 2.35. The molecule has 3 rings (SSSR count). The minimum atomic E-state index is -0.166. The van der Waals surface area contributed by atoms with Crippen molar-refractivity contribution in [3.63, 3.8) is 0 Å². The number of hydrogen-bond donors (Lipinski definition) is 1. The van der Waals surface area contributed by atoms with Crippen LogP contribution in [0.3, 0.4) is 0 Å². The third kappa shape index (κ3) is 2.99. The Bertz CT molecular complexity index is 560. The molecule has 19 heavy (non-hydrogen) atoms. The van der Waals surface area contributed by atoms with E-state index in [2.05, 4.69) is 11.4 Å². The van der Waals surface area contributed by atoms with Crippen LogP contribution in [0, 0.1) is 5.82 Å². The summed E-state index contributed by atoms with van der Waals surface area (Å²) < 4.78 is 13.8. The molecule has 1 aromatic heterocycles. The van der Waals surface area contributed by atoms with E-state index in [-0.39, 0.29) is 11.2 Å². The fraction of sp³-hybridized carbons (Fsp3) is 0.333. The SMILES string of the molecule is Fc1ccc(C2(CNCc3ccc(Cl)s3)CC2)cc1. The maximum Gasteiger partial charge on any atom is 0.123 e. The van der Waals surface area contributed by atoms with Crippen LogP contribution in [0.15, 0.2) is 36.4 Å². The first-order valence-electron chi connectivity index (χ1n) is 6.39. The number of nitrogens with one attached hydrogen (secondary N) is 1. The molecule has 0 amide bonds. The molecule has 1 nitrogen and oxygen atoms in total. The van der Waals surface area contributed by atoms with E-state index in [1.165, 1.54) is 23.3 Å². The van der Waals surface area contributed by atoms with Crippen molar-refractivity contribution in [1.82, 2.24) is 5.32 Å². The molecule has 1 aliphatic rings. The summed E-state index contributed by atoms with van der Waals surface area (Å²) in [6.45, 7) is 1.79. The molecule has 0 radical (unpaired) electrons. The van der Waals surface area contributed by atoms with E-state index in [1.54, 1.807) is 23.5 Å². The van der Waals surface area contributed by atoms with Crippen molar-refractivity contribution in [3.8, 4) is 0 Å². The van der Waals surface area contributed by atoms with Crippen LogP contribution in [-0.2, 0) is 12.0 Å². The molecule has 1 heterocycles. The maximum absolute atomic E-state index is 12.9. The van der Waals surface area contributed by atoms with Gasteiger partial charge in [0.1, 0.15) is 5.82 Å². The Morgan fingerprint density at radius 1 is 1.16 bits per heavy atom. The fourth-order valence-electron chi connectivity index (χ4n) is 2.39. The third-order valence-corrected chi connectivity index (χ3v) is 4.93. The second kappa shape index (κ2) is 5.23. The average Bonchev–Trinajstić information content (AvgIpc) is 3.07. The van der Waals surface area contributed by atoms with E-state index >= 15 is 0 Å². The van der Waals surface area contributed by atoms with E-state index in [1.807, 2.05) is 18.2 Å². The lowest BCUT2D eigenvalue weighted by molar-refractivity contribution is 0.574.